The predicted octanol–water partition coefficient (Wildman–Crippen LogP) is 4.34. The molecule has 188 valence electrons. The van der Waals surface area contributed by atoms with Crippen LogP contribution in [0.25, 0.3) is 22.2 Å². The van der Waals surface area contributed by atoms with Crippen LogP contribution in [-0.4, -0.2) is 41.1 Å². The van der Waals surface area contributed by atoms with Crippen LogP contribution in [0.4, 0.5) is 4.79 Å². The van der Waals surface area contributed by atoms with Crippen molar-refractivity contribution >= 4 is 28.8 Å². The summed E-state index contributed by atoms with van der Waals surface area (Å²) in [5.74, 6) is 0.559. The van der Waals surface area contributed by atoms with Crippen LogP contribution in [0.1, 0.15) is 48.5 Å². The van der Waals surface area contributed by atoms with E-state index in [2.05, 4.69) is 16.0 Å². The molecule has 36 heavy (non-hydrogen) atoms. The van der Waals surface area contributed by atoms with Crippen LogP contribution < -0.4 is 16.0 Å². The van der Waals surface area contributed by atoms with Crippen molar-refractivity contribution in [3.8, 4) is 11.3 Å². The second-order valence-corrected chi connectivity index (χ2v) is 9.46. The number of para-hydroxylation sites is 1. The number of rotatable bonds is 8. The van der Waals surface area contributed by atoms with Crippen LogP contribution in [0.5, 0.6) is 0 Å². The monoisotopic (exact) mass is 488 g/mol. The Morgan fingerprint density at radius 1 is 0.889 bits per heavy atom. The van der Waals surface area contributed by atoms with Gasteiger partial charge in [-0.05, 0) is 55.2 Å². The van der Waals surface area contributed by atoms with Gasteiger partial charge in [-0.15, -0.1) is 0 Å². The minimum atomic E-state index is -0.978. The third-order valence-corrected chi connectivity index (χ3v) is 6.81. The number of carbonyl (C=O) groups is 3. The summed E-state index contributed by atoms with van der Waals surface area (Å²) in [7, 11) is 0. The lowest BCUT2D eigenvalue weighted by atomic mass is 9.82. The van der Waals surface area contributed by atoms with E-state index in [1.165, 1.54) is 6.92 Å². The number of benzene rings is 2. The number of nitrogens with one attached hydrogen (secondary N) is 3. The Morgan fingerprint density at radius 2 is 1.53 bits per heavy atom. The third kappa shape index (κ3) is 6.59. The summed E-state index contributed by atoms with van der Waals surface area (Å²) in [6.45, 7) is 3.05. The summed E-state index contributed by atoms with van der Waals surface area (Å²) in [6.07, 6.45) is 2.88. The van der Waals surface area contributed by atoms with Gasteiger partial charge in [-0.2, -0.15) is 0 Å². The molecule has 0 aliphatic heterocycles. The first kappa shape index (κ1) is 25.2. The van der Waals surface area contributed by atoms with Crippen molar-refractivity contribution in [2.75, 3.05) is 13.1 Å². The average molecular weight is 489 g/mol. The molecule has 1 aliphatic rings. The summed E-state index contributed by atoms with van der Waals surface area (Å²) in [6, 6.07) is 17.3. The molecule has 2 aromatic carbocycles. The molecule has 1 heterocycles. The molecule has 8 heteroatoms. The van der Waals surface area contributed by atoms with E-state index >= 15 is 0 Å². The average Bonchev–Trinajstić information content (AvgIpc) is 2.89. The van der Waals surface area contributed by atoms with Crippen LogP contribution in [0.3, 0.4) is 0 Å². The van der Waals surface area contributed by atoms with Gasteiger partial charge in [-0.25, -0.2) is 9.78 Å². The fourth-order valence-corrected chi connectivity index (χ4v) is 4.73. The highest BCUT2D eigenvalue weighted by Crippen LogP contribution is 2.29. The molecule has 0 bridgehead atoms. The second-order valence-electron chi connectivity index (χ2n) is 9.46. The maximum Gasteiger partial charge on any atom is 0.404 e. The normalized spacial score (nSPS) is 17.4. The summed E-state index contributed by atoms with van der Waals surface area (Å²) in [4.78, 5) is 39.9. The second kappa shape index (κ2) is 11.7. The van der Waals surface area contributed by atoms with Gasteiger partial charge in [0.2, 0.25) is 5.91 Å². The molecule has 3 aromatic rings. The molecule has 1 aromatic heterocycles. The lowest BCUT2D eigenvalue weighted by Gasteiger charge is -2.28. The number of hydrogen-bond acceptors (Lipinski definition) is 4. The smallest absolute Gasteiger partial charge is 0.404 e. The molecule has 1 aliphatic carbocycles. The van der Waals surface area contributed by atoms with Crippen LogP contribution in [0.2, 0.25) is 0 Å². The molecule has 0 radical (unpaired) electrons. The first-order chi connectivity index (χ1) is 17.4. The largest absolute Gasteiger partial charge is 0.465 e. The highest BCUT2D eigenvalue weighted by atomic mass is 16.4. The number of nitrogens with zero attached hydrogens (tertiary/aromatic N) is 1. The SMILES string of the molecule is CC(=O)NCc1ccc(-c2cc(C(=O)NCC3CCC(CNC(=O)O)CC3)c3ccccc3n2)cc1. The Bertz CT molecular complexity index is 1230. The van der Waals surface area contributed by atoms with Crippen molar-refractivity contribution in [2.24, 2.45) is 11.8 Å². The van der Waals surface area contributed by atoms with E-state index in [-0.39, 0.29) is 11.8 Å². The molecule has 3 amide bonds. The van der Waals surface area contributed by atoms with Crippen molar-refractivity contribution in [3.05, 3.63) is 65.7 Å². The zero-order chi connectivity index (χ0) is 25.5. The topological polar surface area (TPSA) is 120 Å². The van der Waals surface area contributed by atoms with Crippen molar-refractivity contribution in [2.45, 2.75) is 39.2 Å². The van der Waals surface area contributed by atoms with E-state index in [9.17, 15) is 14.4 Å². The summed E-state index contributed by atoms with van der Waals surface area (Å²) in [5.41, 5.74) is 3.96. The van der Waals surface area contributed by atoms with Crippen LogP contribution in [0.15, 0.2) is 54.6 Å². The Kier molecular flexibility index (Phi) is 8.15. The van der Waals surface area contributed by atoms with Crippen molar-refractivity contribution in [3.63, 3.8) is 0 Å². The van der Waals surface area contributed by atoms with Crippen LogP contribution in [-0.2, 0) is 11.3 Å². The maximum absolute atomic E-state index is 13.3. The molecule has 0 unspecified atom stereocenters. The number of aromatic nitrogens is 1. The number of carboxylic acid groups (broad SMARTS) is 1. The van der Waals surface area contributed by atoms with E-state index in [1.807, 2.05) is 54.6 Å². The lowest BCUT2D eigenvalue weighted by Crippen LogP contribution is -2.34. The molecule has 8 nitrogen and oxygen atoms in total. The van der Waals surface area contributed by atoms with Crippen molar-refractivity contribution in [1.29, 1.82) is 0 Å². The maximum atomic E-state index is 13.3. The number of pyridine rings is 1. The van der Waals surface area contributed by atoms with Gasteiger partial charge in [0.05, 0.1) is 16.8 Å². The van der Waals surface area contributed by atoms with Gasteiger partial charge in [0, 0.05) is 37.5 Å². The molecule has 4 N–H and O–H groups in total. The van der Waals surface area contributed by atoms with E-state index in [0.29, 0.717) is 37.0 Å². The van der Waals surface area contributed by atoms with Gasteiger partial charge in [-0.3, -0.25) is 9.59 Å². The number of amides is 3. The fourth-order valence-electron chi connectivity index (χ4n) is 4.73. The lowest BCUT2D eigenvalue weighted by molar-refractivity contribution is -0.119. The molecule has 4 rings (SSSR count). The predicted molar refractivity (Wildman–Crippen MR) is 139 cm³/mol. The van der Waals surface area contributed by atoms with Gasteiger partial charge in [-0.1, -0.05) is 42.5 Å². The minimum absolute atomic E-state index is 0.0748. The Balaban J connectivity index is 1.44. The van der Waals surface area contributed by atoms with E-state index < -0.39 is 6.09 Å². The quantitative estimate of drug-likeness (QED) is 0.376. The molecular weight excluding hydrogens is 456 g/mol. The van der Waals surface area contributed by atoms with Gasteiger partial charge < -0.3 is 21.1 Å². The molecule has 0 saturated heterocycles. The fraction of sp³-hybridized carbons (Fsp3) is 0.357. The number of fused-ring (bicyclic) bond motifs is 1. The van der Waals surface area contributed by atoms with Crippen molar-refractivity contribution in [1.82, 2.24) is 20.9 Å². The van der Waals surface area contributed by atoms with E-state index in [0.717, 1.165) is 53.4 Å². The Morgan fingerprint density at radius 3 is 2.17 bits per heavy atom. The molecular formula is C28H32N4O4. The third-order valence-electron chi connectivity index (χ3n) is 6.81. The first-order valence-corrected chi connectivity index (χ1v) is 12.4. The van der Waals surface area contributed by atoms with Gasteiger partial charge >= 0.3 is 6.09 Å². The highest BCUT2D eigenvalue weighted by molar-refractivity contribution is 6.07. The zero-order valence-electron chi connectivity index (χ0n) is 20.4. The highest BCUT2D eigenvalue weighted by Gasteiger charge is 2.22. The number of hydrogen-bond donors (Lipinski definition) is 4. The standard InChI is InChI=1S/C28H32N4O4/c1-18(33)29-15-21-10-12-22(13-11-21)26-14-24(23-4-2-3-5-25(23)32-26)27(34)30-16-19-6-8-20(9-7-19)17-31-28(35)36/h2-5,10-14,19-20,31H,6-9,15-17H2,1H3,(H,29,33)(H,30,34)(H,35,36). The van der Waals surface area contributed by atoms with Crippen LogP contribution >= 0.6 is 0 Å². The van der Waals surface area contributed by atoms with E-state index in [1.54, 1.807) is 0 Å². The Labute approximate surface area is 210 Å². The minimum Gasteiger partial charge on any atom is -0.465 e. The van der Waals surface area contributed by atoms with E-state index in [4.69, 9.17) is 10.1 Å². The Hall–Kier alpha value is -3.94. The molecule has 0 atom stereocenters. The van der Waals surface area contributed by atoms with Gasteiger partial charge in [0.15, 0.2) is 0 Å². The van der Waals surface area contributed by atoms with Crippen molar-refractivity contribution < 1.29 is 19.5 Å². The summed E-state index contributed by atoms with van der Waals surface area (Å²) in [5, 5.41) is 18.0. The summed E-state index contributed by atoms with van der Waals surface area (Å²) < 4.78 is 0. The van der Waals surface area contributed by atoms with Crippen LogP contribution in [0, 0.1) is 11.8 Å². The summed E-state index contributed by atoms with van der Waals surface area (Å²) >= 11 is 0. The molecule has 1 fully saturated rings. The number of carbonyl (C=O) groups excluding carboxylic acids is 2. The molecule has 0 spiro atoms. The first-order valence-electron chi connectivity index (χ1n) is 12.4. The van der Waals surface area contributed by atoms with Gasteiger partial charge in [0.1, 0.15) is 0 Å². The van der Waals surface area contributed by atoms with Gasteiger partial charge in [0.25, 0.3) is 5.91 Å². The zero-order valence-corrected chi connectivity index (χ0v) is 20.4. The molecule has 1 saturated carbocycles.